The molecule has 0 atom stereocenters. The maximum atomic E-state index is 13.7. The van der Waals surface area contributed by atoms with Crippen molar-refractivity contribution in [3.8, 4) is 28.1 Å². The van der Waals surface area contributed by atoms with Gasteiger partial charge in [-0.1, -0.05) is 43.3 Å². The number of halogens is 1. The number of aromatic hydroxyl groups is 1. The highest BCUT2D eigenvalue weighted by atomic mass is 19.1. The van der Waals surface area contributed by atoms with Crippen LogP contribution in [0.15, 0.2) is 60.7 Å². The molecule has 0 spiro atoms. The fraction of sp³-hybridized carbons (Fsp3) is 0.105. The van der Waals surface area contributed by atoms with Crippen LogP contribution >= 0.6 is 0 Å². The summed E-state index contributed by atoms with van der Waals surface area (Å²) >= 11 is 0. The minimum atomic E-state index is -0.509. The van der Waals surface area contributed by atoms with Crippen LogP contribution in [-0.4, -0.2) is 10.1 Å². The normalized spacial score (nSPS) is 10.6. The Labute approximate surface area is 128 Å². The van der Waals surface area contributed by atoms with Gasteiger partial charge in [0.2, 0.25) is 5.95 Å². The SMILES string of the molecule is CCc1ccccc1-c1nc(F)ccc1-c1cccc(O)c1. The van der Waals surface area contributed by atoms with Crippen molar-refractivity contribution in [3.05, 3.63) is 72.2 Å². The molecule has 2 nitrogen and oxygen atoms in total. The predicted octanol–water partition coefficient (Wildman–Crippen LogP) is 4.82. The highest BCUT2D eigenvalue weighted by molar-refractivity contribution is 5.82. The largest absolute Gasteiger partial charge is 0.508 e. The summed E-state index contributed by atoms with van der Waals surface area (Å²) < 4.78 is 13.7. The standard InChI is InChI=1S/C19H16FNO/c1-2-13-6-3-4-9-16(13)19-17(10-11-18(20)21-19)14-7-5-8-15(22)12-14/h3-12,22H,2H2,1H3. The lowest BCUT2D eigenvalue weighted by molar-refractivity contribution is 0.475. The van der Waals surface area contributed by atoms with Crippen LogP contribution in [0, 0.1) is 5.95 Å². The molecule has 1 aromatic heterocycles. The highest BCUT2D eigenvalue weighted by Crippen LogP contribution is 2.34. The van der Waals surface area contributed by atoms with E-state index in [9.17, 15) is 9.50 Å². The third-order valence-corrected chi connectivity index (χ3v) is 3.67. The van der Waals surface area contributed by atoms with Gasteiger partial charge in [0.15, 0.2) is 0 Å². The van der Waals surface area contributed by atoms with Crippen molar-refractivity contribution < 1.29 is 9.50 Å². The van der Waals surface area contributed by atoms with E-state index in [1.165, 1.54) is 6.07 Å². The monoisotopic (exact) mass is 293 g/mol. The van der Waals surface area contributed by atoms with Crippen LogP contribution in [0.3, 0.4) is 0 Å². The van der Waals surface area contributed by atoms with Crippen molar-refractivity contribution in [1.29, 1.82) is 0 Å². The molecule has 0 saturated heterocycles. The summed E-state index contributed by atoms with van der Waals surface area (Å²) in [5.41, 5.74) is 4.25. The molecule has 22 heavy (non-hydrogen) atoms. The molecule has 1 heterocycles. The molecule has 0 amide bonds. The molecule has 0 aliphatic heterocycles. The summed E-state index contributed by atoms with van der Waals surface area (Å²) in [4.78, 5) is 4.11. The Morgan fingerprint density at radius 2 is 1.77 bits per heavy atom. The Balaban J connectivity index is 2.25. The molecule has 0 aliphatic carbocycles. The molecule has 0 saturated carbocycles. The van der Waals surface area contributed by atoms with E-state index in [2.05, 4.69) is 11.9 Å². The van der Waals surface area contributed by atoms with Gasteiger partial charge in [0.25, 0.3) is 0 Å². The number of aromatic nitrogens is 1. The molecule has 0 fully saturated rings. The van der Waals surface area contributed by atoms with Gasteiger partial charge in [-0.25, -0.2) is 4.98 Å². The summed E-state index contributed by atoms with van der Waals surface area (Å²) in [6, 6.07) is 17.8. The summed E-state index contributed by atoms with van der Waals surface area (Å²) in [7, 11) is 0. The Morgan fingerprint density at radius 3 is 2.55 bits per heavy atom. The van der Waals surface area contributed by atoms with Gasteiger partial charge in [-0.3, -0.25) is 0 Å². The van der Waals surface area contributed by atoms with Gasteiger partial charge in [0.1, 0.15) is 5.75 Å². The molecular weight excluding hydrogens is 277 g/mol. The molecule has 1 N–H and O–H groups in total. The zero-order chi connectivity index (χ0) is 15.5. The van der Waals surface area contributed by atoms with Crippen molar-refractivity contribution in [1.82, 2.24) is 4.98 Å². The lowest BCUT2D eigenvalue weighted by Crippen LogP contribution is -1.95. The quantitative estimate of drug-likeness (QED) is 0.702. The third kappa shape index (κ3) is 2.70. The number of phenolic OH excluding ortho intramolecular Hbond substituents is 1. The van der Waals surface area contributed by atoms with Gasteiger partial charge in [-0.05, 0) is 41.8 Å². The lowest BCUT2D eigenvalue weighted by atomic mass is 9.95. The summed E-state index contributed by atoms with van der Waals surface area (Å²) in [6.45, 7) is 2.06. The van der Waals surface area contributed by atoms with Crippen molar-refractivity contribution in [2.45, 2.75) is 13.3 Å². The average Bonchev–Trinajstić information content (AvgIpc) is 2.54. The van der Waals surface area contributed by atoms with Crippen LogP contribution < -0.4 is 0 Å². The Morgan fingerprint density at radius 1 is 0.955 bits per heavy atom. The first-order valence-electron chi connectivity index (χ1n) is 7.23. The van der Waals surface area contributed by atoms with E-state index in [4.69, 9.17) is 0 Å². The van der Waals surface area contributed by atoms with E-state index >= 15 is 0 Å². The average molecular weight is 293 g/mol. The maximum absolute atomic E-state index is 13.7. The van der Waals surface area contributed by atoms with Crippen LogP contribution in [-0.2, 0) is 6.42 Å². The molecule has 110 valence electrons. The first-order valence-corrected chi connectivity index (χ1v) is 7.23. The number of rotatable bonds is 3. The van der Waals surface area contributed by atoms with Gasteiger partial charge in [-0.15, -0.1) is 0 Å². The topological polar surface area (TPSA) is 33.1 Å². The van der Waals surface area contributed by atoms with Crippen molar-refractivity contribution in [3.63, 3.8) is 0 Å². The second-order valence-electron chi connectivity index (χ2n) is 5.09. The van der Waals surface area contributed by atoms with Crippen LogP contribution in [0.2, 0.25) is 0 Å². The Hall–Kier alpha value is -2.68. The maximum Gasteiger partial charge on any atom is 0.213 e. The number of pyridine rings is 1. The molecule has 0 aliphatic rings. The smallest absolute Gasteiger partial charge is 0.213 e. The van der Waals surface area contributed by atoms with Gasteiger partial charge in [-0.2, -0.15) is 4.39 Å². The highest BCUT2D eigenvalue weighted by Gasteiger charge is 2.13. The van der Waals surface area contributed by atoms with E-state index in [1.54, 1.807) is 24.3 Å². The number of hydrogen-bond acceptors (Lipinski definition) is 2. The van der Waals surface area contributed by atoms with E-state index in [0.29, 0.717) is 5.69 Å². The summed E-state index contributed by atoms with van der Waals surface area (Å²) in [5, 5.41) is 9.70. The van der Waals surface area contributed by atoms with Gasteiger partial charge < -0.3 is 5.11 Å². The van der Waals surface area contributed by atoms with E-state index in [0.717, 1.165) is 28.7 Å². The molecule has 0 radical (unpaired) electrons. The Bertz CT molecular complexity index is 814. The van der Waals surface area contributed by atoms with Crippen LogP contribution in [0.5, 0.6) is 5.75 Å². The van der Waals surface area contributed by atoms with Crippen LogP contribution in [0.25, 0.3) is 22.4 Å². The molecular formula is C19H16FNO. The minimum Gasteiger partial charge on any atom is -0.508 e. The number of phenols is 1. The zero-order valence-electron chi connectivity index (χ0n) is 12.3. The third-order valence-electron chi connectivity index (χ3n) is 3.67. The van der Waals surface area contributed by atoms with Crippen molar-refractivity contribution in [2.24, 2.45) is 0 Å². The van der Waals surface area contributed by atoms with Crippen molar-refractivity contribution >= 4 is 0 Å². The van der Waals surface area contributed by atoms with Gasteiger partial charge in [0, 0.05) is 11.1 Å². The Kier molecular flexibility index (Phi) is 3.88. The zero-order valence-corrected chi connectivity index (χ0v) is 12.3. The molecule has 0 bridgehead atoms. The molecule has 3 rings (SSSR count). The number of hydrogen-bond donors (Lipinski definition) is 1. The van der Waals surface area contributed by atoms with Crippen LogP contribution in [0.4, 0.5) is 4.39 Å². The minimum absolute atomic E-state index is 0.177. The van der Waals surface area contributed by atoms with Gasteiger partial charge >= 0.3 is 0 Å². The number of nitrogens with zero attached hydrogens (tertiary/aromatic N) is 1. The lowest BCUT2D eigenvalue weighted by Gasteiger charge is -2.12. The fourth-order valence-electron chi connectivity index (χ4n) is 2.61. The fourth-order valence-corrected chi connectivity index (χ4v) is 2.61. The molecule has 0 unspecified atom stereocenters. The second kappa shape index (κ2) is 5.98. The number of benzene rings is 2. The second-order valence-corrected chi connectivity index (χ2v) is 5.09. The summed E-state index contributed by atoms with van der Waals surface area (Å²) in [5.74, 6) is -0.332. The summed E-state index contributed by atoms with van der Waals surface area (Å²) in [6.07, 6.45) is 0.841. The predicted molar refractivity (Wildman–Crippen MR) is 86.1 cm³/mol. The van der Waals surface area contributed by atoms with Gasteiger partial charge in [0.05, 0.1) is 5.69 Å². The van der Waals surface area contributed by atoms with E-state index in [1.807, 2.05) is 30.3 Å². The molecule has 3 aromatic rings. The first-order chi connectivity index (χ1) is 10.7. The van der Waals surface area contributed by atoms with Crippen molar-refractivity contribution in [2.75, 3.05) is 0 Å². The molecule has 2 aromatic carbocycles. The van der Waals surface area contributed by atoms with E-state index < -0.39 is 5.95 Å². The molecule has 3 heteroatoms. The van der Waals surface area contributed by atoms with Crippen LogP contribution in [0.1, 0.15) is 12.5 Å². The van der Waals surface area contributed by atoms with E-state index in [-0.39, 0.29) is 5.75 Å². The number of aryl methyl sites for hydroxylation is 1. The first kappa shape index (κ1) is 14.3.